The Labute approximate surface area is 224 Å². The lowest BCUT2D eigenvalue weighted by atomic mass is 9.79. The molecule has 1 aliphatic rings. The van der Waals surface area contributed by atoms with Gasteiger partial charge in [-0.15, -0.1) is 0 Å². The molecule has 5 nitrogen and oxygen atoms in total. The lowest BCUT2D eigenvalue weighted by molar-refractivity contribution is -0.156. The minimum Gasteiger partial charge on any atom is -0.474 e. The van der Waals surface area contributed by atoms with Crippen molar-refractivity contribution in [3.63, 3.8) is 0 Å². The van der Waals surface area contributed by atoms with E-state index in [1.807, 2.05) is 30.3 Å². The van der Waals surface area contributed by atoms with E-state index in [1.165, 1.54) is 16.3 Å². The van der Waals surface area contributed by atoms with Crippen LogP contribution in [0.1, 0.15) is 29.9 Å². The second-order valence-electron chi connectivity index (χ2n) is 10.1. The molecule has 4 aromatic rings. The third-order valence-corrected chi connectivity index (χ3v) is 7.79. The van der Waals surface area contributed by atoms with Gasteiger partial charge in [-0.1, -0.05) is 97.1 Å². The number of piperidine rings is 1. The van der Waals surface area contributed by atoms with Crippen LogP contribution < -0.4 is 5.32 Å². The molecular formula is C33H34N2O3. The molecule has 1 amide bonds. The number of hydrogen-bond donors (Lipinski definition) is 2. The van der Waals surface area contributed by atoms with E-state index in [2.05, 4.69) is 72.0 Å². The van der Waals surface area contributed by atoms with Crippen molar-refractivity contribution in [2.45, 2.75) is 25.2 Å². The number of aliphatic carboxylic acids is 1. The van der Waals surface area contributed by atoms with E-state index in [0.717, 1.165) is 42.6 Å². The summed E-state index contributed by atoms with van der Waals surface area (Å²) in [7, 11) is 0. The number of nitrogens with one attached hydrogen (secondary N) is 1. The number of carbonyl (C=O) groups is 2. The molecule has 0 aliphatic carbocycles. The third-order valence-electron chi connectivity index (χ3n) is 7.79. The van der Waals surface area contributed by atoms with Crippen LogP contribution in [0.15, 0.2) is 97.1 Å². The fraction of sp³-hybridized carbons (Fsp3) is 0.273. The Morgan fingerprint density at radius 2 is 1.53 bits per heavy atom. The van der Waals surface area contributed by atoms with Gasteiger partial charge in [-0.25, -0.2) is 4.79 Å². The maximum atomic E-state index is 12.8. The zero-order chi connectivity index (χ0) is 26.3. The lowest BCUT2D eigenvalue weighted by Crippen LogP contribution is -2.43. The summed E-state index contributed by atoms with van der Waals surface area (Å²) in [4.78, 5) is 26.1. The van der Waals surface area contributed by atoms with Crippen LogP contribution in [-0.4, -0.2) is 48.1 Å². The van der Waals surface area contributed by atoms with Crippen LogP contribution in [0, 0.1) is 5.92 Å². The SMILES string of the molecule is O=C(O)C(=O)N(CCc1ccccc1)CC(c1ccc(-c2cccc3ccccc23)cc1)C1CCNCC1. The molecule has 38 heavy (non-hydrogen) atoms. The summed E-state index contributed by atoms with van der Waals surface area (Å²) in [6.07, 6.45) is 2.63. The van der Waals surface area contributed by atoms with Gasteiger partial charge in [0.15, 0.2) is 0 Å². The van der Waals surface area contributed by atoms with Crippen molar-refractivity contribution >= 4 is 22.6 Å². The highest BCUT2D eigenvalue weighted by Gasteiger charge is 2.30. The Bertz CT molecular complexity index is 1370. The van der Waals surface area contributed by atoms with Crippen molar-refractivity contribution in [2.75, 3.05) is 26.2 Å². The fourth-order valence-electron chi connectivity index (χ4n) is 5.72. The van der Waals surface area contributed by atoms with Gasteiger partial charge in [0, 0.05) is 19.0 Å². The van der Waals surface area contributed by atoms with Crippen LogP contribution in [0.2, 0.25) is 0 Å². The molecule has 1 aliphatic heterocycles. The number of carbonyl (C=O) groups excluding carboxylic acids is 1. The second kappa shape index (κ2) is 12.1. The van der Waals surface area contributed by atoms with Gasteiger partial charge in [0.25, 0.3) is 0 Å². The molecule has 0 radical (unpaired) electrons. The van der Waals surface area contributed by atoms with Gasteiger partial charge in [-0.05, 0) is 71.3 Å². The maximum absolute atomic E-state index is 12.8. The standard InChI is InChI=1S/C33H34N2O3/c36-32(33(37)38)35(22-19-24-7-2-1-3-8-24)23-31(28-17-20-34-21-18-28)27-15-13-26(14-16-27)30-12-6-10-25-9-4-5-11-29(25)30/h1-16,28,31,34H,17-23H2,(H,37,38). The van der Waals surface area contributed by atoms with Gasteiger partial charge < -0.3 is 15.3 Å². The van der Waals surface area contributed by atoms with Crippen LogP contribution in [0.4, 0.5) is 0 Å². The van der Waals surface area contributed by atoms with Crippen molar-refractivity contribution in [3.8, 4) is 11.1 Å². The van der Waals surface area contributed by atoms with Crippen molar-refractivity contribution in [3.05, 3.63) is 108 Å². The summed E-state index contributed by atoms with van der Waals surface area (Å²) < 4.78 is 0. The first-order valence-corrected chi connectivity index (χ1v) is 13.4. The van der Waals surface area contributed by atoms with Gasteiger partial charge >= 0.3 is 11.9 Å². The van der Waals surface area contributed by atoms with Crippen LogP contribution in [-0.2, 0) is 16.0 Å². The van der Waals surface area contributed by atoms with Crippen molar-refractivity contribution < 1.29 is 14.7 Å². The van der Waals surface area contributed by atoms with E-state index in [9.17, 15) is 14.7 Å². The molecule has 1 saturated heterocycles. The minimum absolute atomic E-state index is 0.0674. The Morgan fingerprint density at radius 1 is 0.842 bits per heavy atom. The molecule has 0 saturated carbocycles. The highest BCUT2D eigenvalue weighted by atomic mass is 16.4. The molecule has 194 valence electrons. The average Bonchev–Trinajstić information content (AvgIpc) is 2.98. The second-order valence-corrected chi connectivity index (χ2v) is 10.1. The molecular weight excluding hydrogens is 472 g/mol. The summed E-state index contributed by atoms with van der Waals surface area (Å²) in [5, 5.41) is 15.5. The Morgan fingerprint density at radius 3 is 2.26 bits per heavy atom. The number of nitrogens with zero attached hydrogens (tertiary/aromatic N) is 1. The van der Waals surface area contributed by atoms with E-state index < -0.39 is 11.9 Å². The van der Waals surface area contributed by atoms with Crippen LogP contribution in [0.5, 0.6) is 0 Å². The van der Waals surface area contributed by atoms with E-state index in [-0.39, 0.29) is 5.92 Å². The van der Waals surface area contributed by atoms with Crippen LogP contribution >= 0.6 is 0 Å². The summed E-state index contributed by atoms with van der Waals surface area (Å²) >= 11 is 0. The number of carboxylic acids is 1. The highest BCUT2D eigenvalue weighted by Crippen LogP contribution is 2.35. The summed E-state index contributed by atoms with van der Waals surface area (Å²) in [5.41, 5.74) is 4.59. The van der Waals surface area contributed by atoms with Crippen LogP contribution in [0.3, 0.4) is 0 Å². The minimum atomic E-state index is -1.39. The number of hydrogen-bond acceptors (Lipinski definition) is 3. The first-order chi connectivity index (χ1) is 18.6. The van der Waals surface area contributed by atoms with Gasteiger partial charge in [0.1, 0.15) is 0 Å². The van der Waals surface area contributed by atoms with E-state index in [0.29, 0.717) is 25.4 Å². The molecule has 1 heterocycles. The predicted molar refractivity (Wildman–Crippen MR) is 152 cm³/mol. The molecule has 1 atom stereocenters. The monoisotopic (exact) mass is 506 g/mol. The Balaban J connectivity index is 1.43. The molecule has 2 N–H and O–H groups in total. The molecule has 1 unspecified atom stereocenters. The van der Waals surface area contributed by atoms with Crippen molar-refractivity contribution in [2.24, 2.45) is 5.92 Å². The van der Waals surface area contributed by atoms with Gasteiger partial charge in [0.2, 0.25) is 0 Å². The van der Waals surface area contributed by atoms with Crippen molar-refractivity contribution in [1.29, 1.82) is 0 Å². The zero-order valence-corrected chi connectivity index (χ0v) is 21.6. The third kappa shape index (κ3) is 5.95. The number of fused-ring (bicyclic) bond motifs is 1. The lowest BCUT2D eigenvalue weighted by Gasteiger charge is -2.35. The maximum Gasteiger partial charge on any atom is 0.394 e. The predicted octanol–water partition coefficient (Wildman–Crippen LogP) is 5.75. The number of benzene rings is 4. The first kappa shape index (κ1) is 25.7. The Hall–Kier alpha value is -3.96. The topological polar surface area (TPSA) is 69.6 Å². The van der Waals surface area contributed by atoms with E-state index >= 15 is 0 Å². The molecule has 5 rings (SSSR count). The van der Waals surface area contributed by atoms with E-state index in [1.54, 1.807) is 4.90 Å². The van der Waals surface area contributed by atoms with Gasteiger partial charge in [0.05, 0.1) is 0 Å². The molecule has 1 fully saturated rings. The number of carboxylic acid groups (broad SMARTS) is 1. The quantitative estimate of drug-likeness (QED) is 0.299. The average molecular weight is 507 g/mol. The fourth-order valence-corrected chi connectivity index (χ4v) is 5.72. The largest absolute Gasteiger partial charge is 0.474 e. The molecule has 0 bridgehead atoms. The molecule has 4 aromatic carbocycles. The zero-order valence-electron chi connectivity index (χ0n) is 21.6. The van der Waals surface area contributed by atoms with Crippen LogP contribution in [0.25, 0.3) is 21.9 Å². The van der Waals surface area contributed by atoms with Gasteiger partial charge in [-0.2, -0.15) is 0 Å². The van der Waals surface area contributed by atoms with Crippen molar-refractivity contribution in [1.82, 2.24) is 10.2 Å². The highest BCUT2D eigenvalue weighted by molar-refractivity contribution is 6.31. The summed E-state index contributed by atoms with van der Waals surface area (Å²) in [6.45, 7) is 2.65. The first-order valence-electron chi connectivity index (χ1n) is 13.4. The van der Waals surface area contributed by atoms with E-state index in [4.69, 9.17) is 0 Å². The molecule has 0 aromatic heterocycles. The smallest absolute Gasteiger partial charge is 0.394 e. The number of rotatable bonds is 8. The number of amides is 1. The molecule has 0 spiro atoms. The Kier molecular flexibility index (Phi) is 8.15. The molecule has 5 heteroatoms. The van der Waals surface area contributed by atoms with Gasteiger partial charge in [-0.3, -0.25) is 4.79 Å². The summed E-state index contributed by atoms with van der Waals surface area (Å²) in [6, 6.07) is 33.4. The normalized spacial score (nSPS) is 14.7. The summed E-state index contributed by atoms with van der Waals surface area (Å²) in [5.74, 6) is -1.78.